The number of rotatable bonds is 7. The van der Waals surface area contributed by atoms with E-state index in [0.717, 1.165) is 55.8 Å². The lowest BCUT2D eigenvalue weighted by Crippen LogP contribution is -2.49. The molecular formula is C23H34ClN3O2. The van der Waals surface area contributed by atoms with Gasteiger partial charge in [-0.15, -0.1) is 0 Å². The van der Waals surface area contributed by atoms with Gasteiger partial charge in [0.25, 0.3) is 0 Å². The van der Waals surface area contributed by atoms with Crippen LogP contribution in [0.4, 0.5) is 0 Å². The maximum Gasteiger partial charge on any atom is 0.234 e. The Morgan fingerprint density at radius 1 is 1.07 bits per heavy atom. The number of hydrogen-bond donors (Lipinski definition) is 2. The van der Waals surface area contributed by atoms with Gasteiger partial charge in [-0.05, 0) is 49.8 Å². The van der Waals surface area contributed by atoms with E-state index in [4.69, 9.17) is 11.6 Å². The molecule has 1 aromatic carbocycles. The summed E-state index contributed by atoms with van der Waals surface area (Å²) >= 11 is 5.96. The molecule has 1 aromatic rings. The van der Waals surface area contributed by atoms with Crippen LogP contribution in [0.3, 0.4) is 0 Å². The molecule has 1 atom stereocenters. The van der Waals surface area contributed by atoms with Crippen molar-refractivity contribution in [3.8, 4) is 0 Å². The second-order valence-electron chi connectivity index (χ2n) is 8.40. The molecule has 2 fully saturated rings. The zero-order valence-electron chi connectivity index (χ0n) is 17.5. The Kier molecular flexibility index (Phi) is 8.37. The highest BCUT2D eigenvalue weighted by molar-refractivity contribution is 6.30. The van der Waals surface area contributed by atoms with Crippen molar-refractivity contribution in [2.45, 2.75) is 70.4 Å². The van der Waals surface area contributed by atoms with Crippen molar-refractivity contribution in [3.63, 3.8) is 0 Å². The monoisotopic (exact) mass is 419 g/mol. The van der Waals surface area contributed by atoms with Crippen molar-refractivity contribution in [2.24, 2.45) is 5.92 Å². The fourth-order valence-corrected chi connectivity index (χ4v) is 4.67. The molecule has 0 bridgehead atoms. The molecule has 2 N–H and O–H groups in total. The summed E-state index contributed by atoms with van der Waals surface area (Å²) in [6.07, 6.45) is 8.33. The van der Waals surface area contributed by atoms with Crippen LogP contribution >= 0.6 is 11.6 Å². The van der Waals surface area contributed by atoms with Gasteiger partial charge in [-0.25, -0.2) is 0 Å². The van der Waals surface area contributed by atoms with Crippen LogP contribution in [0.5, 0.6) is 0 Å². The van der Waals surface area contributed by atoms with Gasteiger partial charge < -0.3 is 15.5 Å². The van der Waals surface area contributed by atoms with Crippen LogP contribution in [0, 0.1) is 5.92 Å². The Labute approximate surface area is 179 Å². The molecule has 29 heavy (non-hydrogen) atoms. The van der Waals surface area contributed by atoms with E-state index in [-0.39, 0.29) is 23.9 Å². The van der Waals surface area contributed by atoms with Gasteiger partial charge in [-0.2, -0.15) is 0 Å². The van der Waals surface area contributed by atoms with E-state index in [1.54, 1.807) is 0 Å². The highest BCUT2D eigenvalue weighted by atomic mass is 35.5. The van der Waals surface area contributed by atoms with E-state index in [2.05, 4.69) is 17.6 Å². The maximum atomic E-state index is 12.7. The lowest BCUT2D eigenvalue weighted by molar-refractivity contribution is -0.137. The number of carbonyl (C=O) groups excluding carboxylic acids is 2. The van der Waals surface area contributed by atoms with E-state index in [0.29, 0.717) is 12.5 Å². The molecule has 1 saturated heterocycles. The molecule has 1 saturated carbocycles. The average molecular weight is 420 g/mol. The first-order valence-electron chi connectivity index (χ1n) is 11.1. The molecule has 160 valence electrons. The van der Waals surface area contributed by atoms with Crippen LogP contribution in [0.1, 0.15) is 69.9 Å². The number of amides is 2. The van der Waals surface area contributed by atoms with Gasteiger partial charge >= 0.3 is 0 Å². The minimum Gasteiger partial charge on any atom is -0.352 e. The number of halogens is 1. The molecule has 0 radical (unpaired) electrons. The second-order valence-corrected chi connectivity index (χ2v) is 8.83. The smallest absolute Gasteiger partial charge is 0.234 e. The Morgan fingerprint density at radius 3 is 2.34 bits per heavy atom. The molecule has 1 aliphatic carbocycles. The molecule has 2 amide bonds. The summed E-state index contributed by atoms with van der Waals surface area (Å²) in [7, 11) is 0. The largest absolute Gasteiger partial charge is 0.352 e. The third-order valence-corrected chi connectivity index (χ3v) is 6.57. The van der Waals surface area contributed by atoms with Crippen LogP contribution in [-0.2, 0) is 9.59 Å². The van der Waals surface area contributed by atoms with Gasteiger partial charge in [0.2, 0.25) is 11.8 Å². The van der Waals surface area contributed by atoms with Crippen LogP contribution in [0.2, 0.25) is 5.02 Å². The van der Waals surface area contributed by atoms with Gasteiger partial charge in [-0.1, -0.05) is 49.9 Å². The number of benzene rings is 1. The van der Waals surface area contributed by atoms with Gasteiger partial charge in [0.1, 0.15) is 0 Å². The van der Waals surface area contributed by atoms with Crippen molar-refractivity contribution in [1.29, 1.82) is 0 Å². The number of hydrogen-bond acceptors (Lipinski definition) is 3. The third kappa shape index (κ3) is 6.45. The Bertz CT molecular complexity index is 665. The molecule has 5 nitrogen and oxygen atoms in total. The molecule has 0 aromatic heterocycles. The predicted octanol–water partition coefficient (Wildman–Crippen LogP) is 4.07. The first-order valence-corrected chi connectivity index (χ1v) is 11.5. The number of carbonyl (C=O) groups is 2. The topological polar surface area (TPSA) is 61.4 Å². The molecule has 1 aliphatic heterocycles. The molecule has 3 rings (SSSR count). The van der Waals surface area contributed by atoms with Gasteiger partial charge in [0.05, 0.1) is 6.54 Å². The zero-order chi connectivity index (χ0) is 20.6. The highest BCUT2D eigenvalue weighted by Gasteiger charge is 2.29. The summed E-state index contributed by atoms with van der Waals surface area (Å²) < 4.78 is 0. The quantitative estimate of drug-likeness (QED) is 0.700. The van der Waals surface area contributed by atoms with Crippen molar-refractivity contribution in [3.05, 3.63) is 34.9 Å². The Hall–Kier alpha value is -1.59. The van der Waals surface area contributed by atoms with Crippen LogP contribution < -0.4 is 10.6 Å². The zero-order valence-corrected chi connectivity index (χ0v) is 18.2. The number of piperidine rings is 1. The average Bonchev–Trinajstić information content (AvgIpc) is 2.76. The third-order valence-electron chi connectivity index (χ3n) is 6.32. The first-order chi connectivity index (χ1) is 14.1. The SMILES string of the molecule is CCC(NCC(=O)NC1CCN(C(=O)C2CCCCC2)CC1)c1ccc(Cl)cc1. The Balaban J connectivity index is 1.39. The van der Waals surface area contributed by atoms with Crippen molar-refractivity contribution >= 4 is 23.4 Å². The maximum absolute atomic E-state index is 12.7. The Morgan fingerprint density at radius 2 is 1.72 bits per heavy atom. The second kappa shape index (κ2) is 11.0. The fourth-order valence-electron chi connectivity index (χ4n) is 4.54. The predicted molar refractivity (Wildman–Crippen MR) is 117 cm³/mol. The normalized spacial score (nSPS) is 19.7. The van der Waals surface area contributed by atoms with Gasteiger partial charge in [0.15, 0.2) is 0 Å². The number of likely N-dealkylation sites (tertiary alicyclic amines) is 1. The molecule has 1 unspecified atom stereocenters. The summed E-state index contributed by atoms with van der Waals surface area (Å²) in [6, 6.07) is 8.05. The van der Waals surface area contributed by atoms with E-state index in [1.807, 2.05) is 29.2 Å². The number of nitrogens with zero attached hydrogens (tertiary/aromatic N) is 1. The van der Waals surface area contributed by atoms with E-state index >= 15 is 0 Å². The summed E-state index contributed by atoms with van der Waals surface area (Å²) in [5, 5.41) is 7.20. The standard InChI is InChI=1S/C23H34ClN3O2/c1-2-21(17-8-10-19(24)11-9-17)25-16-22(28)26-20-12-14-27(15-13-20)23(29)18-6-4-3-5-7-18/h8-11,18,20-21,25H,2-7,12-16H2,1H3,(H,26,28). The molecule has 6 heteroatoms. The molecule has 0 spiro atoms. The number of nitrogens with one attached hydrogen (secondary N) is 2. The first kappa shape index (κ1) is 22.1. The highest BCUT2D eigenvalue weighted by Crippen LogP contribution is 2.26. The van der Waals surface area contributed by atoms with E-state index in [1.165, 1.54) is 19.3 Å². The minimum absolute atomic E-state index is 0.0227. The van der Waals surface area contributed by atoms with Crippen molar-refractivity contribution in [1.82, 2.24) is 15.5 Å². The summed E-state index contributed by atoms with van der Waals surface area (Å²) in [5.74, 6) is 0.595. The van der Waals surface area contributed by atoms with Crippen molar-refractivity contribution < 1.29 is 9.59 Å². The van der Waals surface area contributed by atoms with Gasteiger partial charge in [-0.3, -0.25) is 9.59 Å². The van der Waals surface area contributed by atoms with Gasteiger partial charge in [0, 0.05) is 36.1 Å². The van der Waals surface area contributed by atoms with Crippen molar-refractivity contribution in [2.75, 3.05) is 19.6 Å². The summed E-state index contributed by atoms with van der Waals surface area (Å²) in [5.41, 5.74) is 1.14. The van der Waals surface area contributed by atoms with E-state index < -0.39 is 0 Å². The lowest BCUT2D eigenvalue weighted by Gasteiger charge is -2.35. The molecule has 2 aliphatic rings. The van der Waals surface area contributed by atoms with Crippen LogP contribution in [0.25, 0.3) is 0 Å². The fraction of sp³-hybridized carbons (Fsp3) is 0.652. The minimum atomic E-state index is 0.0227. The summed E-state index contributed by atoms with van der Waals surface area (Å²) in [4.78, 5) is 27.1. The summed E-state index contributed by atoms with van der Waals surface area (Å²) in [6.45, 7) is 3.91. The molecule has 1 heterocycles. The van der Waals surface area contributed by atoms with Crippen LogP contribution in [-0.4, -0.2) is 42.4 Å². The molecular weight excluding hydrogens is 386 g/mol. The van der Waals surface area contributed by atoms with Crippen LogP contribution in [0.15, 0.2) is 24.3 Å². The lowest BCUT2D eigenvalue weighted by atomic mass is 9.87. The van der Waals surface area contributed by atoms with E-state index in [9.17, 15) is 9.59 Å².